The predicted octanol–water partition coefficient (Wildman–Crippen LogP) is 2.71. The molecule has 2 N–H and O–H groups in total. The maximum atomic E-state index is 8.78. The summed E-state index contributed by atoms with van der Waals surface area (Å²) in [7, 11) is 0. The average molecular weight is 213 g/mol. The van der Waals surface area contributed by atoms with Crippen LogP contribution in [0.15, 0.2) is 0 Å². The Morgan fingerprint density at radius 1 is 1.47 bits per heavy atom. The molecule has 0 bridgehead atoms. The summed E-state index contributed by atoms with van der Waals surface area (Å²) in [5.41, 5.74) is 0.520. The summed E-state index contributed by atoms with van der Waals surface area (Å²) in [5, 5.41) is 12.5. The van der Waals surface area contributed by atoms with E-state index in [0.29, 0.717) is 24.1 Å². The maximum absolute atomic E-state index is 8.78. The topological polar surface area (TPSA) is 32.3 Å². The zero-order valence-corrected chi connectivity index (χ0v) is 10.6. The van der Waals surface area contributed by atoms with Crippen molar-refractivity contribution in [1.29, 1.82) is 0 Å². The Bertz CT molecular complexity index is 179. The first-order valence-corrected chi connectivity index (χ1v) is 6.40. The zero-order chi connectivity index (χ0) is 11.3. The van der Waals surface area contributed by atoms with Gasteiger partial charge in [0, 0.05) is 18.7 Å². The van der Waals surface area contributed by atoms with Crippen LogP contribution in [0.5, 0.6) is 0 Å². The lowest BCUT2D eigenvalue weighted by Crippen LogP contribution is -2.41. The average Bonchev–Trinajstić information content (AvgIpc) is 2.13. The fourth-order valence-electron chi connectivity index (χ4n) is 2.72. The third-order valence-electron chi connectivity index (χ3n) is 3.52. The summed E-state index contributed by atoms with van der Waals surface area (Å²) in [6.45, 7) is 7.30. The molecule has 0 unspecified atom stereocenters. The number of aliphatic hydroxyl groups excluding tert-OH is 1. The highest BCUT2D eigenvalue weighted by Crippen LogP contribution is 2.35. The lowest BCUT2D eigenvalue weighted by molar-refractivity contribution is 0.186. The van der Waals surface area contributed by atoms with E-state index in [0.717, 1.165) is 12.8 Å². The quantitative estimate of drug-likeness (QED) is 0.736. The maximum Gasteiger partial charge on any atom is 0.0431 e. The number of hydrogen-bond donors (Lipinski definition) is 2. The molecule has 2 atom stereocenters. The van der Waals surface area contributed by atoms with Gasteiger partial charge in [0.05, 0.1) is 0 Å². The standard InChI is InChI=1S/C13H27NO/c1-11(6-5-9-15)14-12-7-4-8-13(2,3)10-12/h11-12,14-15H,4-10H2,1-3H3/t11-,12+/m1/s1. The van der Waals surface area contributed by atoms with Crippen LogP contribution >= 0.6 is 0 Å². The largest absolute Gasteiger partial charge is 0.396 e. The van der Waals surface area contributed by atoms with Crippen LogP contribution in [0.2, 0.25) is 0 Å². The predicted molar refractivity (Wildman–Crippen MR) is 65.0 cm³/mol. The molecule has 0 aliphatic heterocycles. The van der Waals surface area contributed by atoms with Crippen LogP contribution in [-0.4, -0.2) is 23.8 Å². The normalized spacial score (nSPS) is 27.6. The highest BCUT2D eigenvalue weighted by Gasteiger charge is 2.28. The molecule has 0 heterocycles. The summed E-state index contributed by atoms with van der Waals surface area (Å²) in [5.74, 6) is 0. The Morgan fingerprint density at radius 2 is 2.20 bits per heavy atom. The highest BCUT2D eigenvalue weighted by molar-refractivity contribution is 4.84. The van der Waals surface area contributed by atoms with Gasteiger partial charge in [-0.05, 0) is 44.4 Å². The first-order valence-electron chi connectivity index (χ1n) is 6.40. The van der Waals surface area contributed by atoms with Crippen molar-refractivity contribution in [3.8, 4) is 0 Å². The van der Waals surface area contributed by atoms with Crippen molar-refractivity contribution in [3.05, 3.63) is 0 Å². The van der Waals surface area contributed by atoms with Crippen molar-refractivity contribution >= 4 is 0 Å². The number of aliphatic hydroxyl groups is 1. The second kappa shape index (κ2) is 5.86. The second-order valence-corrected chi connectivity index (χ2v) is 5.89. The second-order valence-electron chi connectivity index (χ2n) is 5.89. The minimum absolute atomic E-state index is 0.322. The van der Waals surface area contributed by atoms with Crippen LogP contribution in [0.25, 0.3) is 0 Å². The van der Waals surface area contributed by atoms with E-state index in [-0.39, 0.29) is 0 Å². The van der Waals surface area contributed by atoms with Crippen LogP contribution < -0.4 is 5.32 Å². The van der Waals surface area contributed by atoms with Gasteiger partial charge in [-0.2, -0.15) is 0 Å². The van der Waals surface area contributed by atoms with E-state index in [1.165, 1.54) is 25.7 Å². The van der Waals surface area contributed by atoms with Crippen LogP contribution in [0.3, 0.4) is 0 Å². The Hall–Kier alpha value is -0.0800. The molecule has 0 aromatic rings. The molecule has 1 saturated carbocycles. The third-order valence-corrected chi connectivity index (χ3v) is 3.52. The minimum atomic E-state index is 0.322. The molecule has 1 rings (SSSR count). The molecule has 2 nitrogen and oxygen atoms in total. The van der Waals surface area contributed by atoms with E-state index in [1.807, 2.05) is 0 Å². The van der Waals surface area contributed by atoms with Crippen LogP contribution in [0.4, 0.5) is 0 Å². The van der Waals surface area contributed by atoms with E-state index in [4.69, 9.17) is 5.11 Å². The van der Waals surface area contributed by atoms with E-state index >= 15 is 0 Å². The van der Waals surface area contributed by atoms with Crippen molar-refractivity contribution in [3.63, 3.8) is 0 Å². The Labute approximate surface area is 94.5 Å². The molecule has 0 spiro atoms. The molecule has 0 amide bonds. The molecule has 0 radical (unpaired) electrons. The molecule has 0 aromatic heterocycles. The molecule has 90 valence electrons. The smallest absolute Gasteiger partial charge is 0.0431 e. The molecular formula is C13H27NO. The van der Waals surface area contributed by atoms with Gasteiger partial charge < -0.3 is 10.4 Å². The first-order chi connectivity index (χ1) is 7.03. The van der Waals surface area contributed by atoms with Gasteiger partial charge in [0.25, 0.3) is 0 Å². The molecular weight excluding hydrogens is 186 g/mol. The monoisotopic (exact) mass is 213 g/mol. The van der Waals surface area contributed by atoms with E-state index in [2.05, 4.69) is 26.1 Å². The van der Waals surface area contributed by atoms with Crippen molar-refractivity contribution in [2.75, 3.05) is 6.61 Å². The van der Waals surface area contributed by atoms with Crippen LogP contribution in [0, 0.1) is 5.41 Å². The van der Waals surface area contributed by atoms with Crippen molar-refractivity contribution in [2.45, 2.75) is 71.4 Å². The first kappa shape index (κ1) is 13.0. The van der Waals surface area contributed by atoms with E-state index < -0.39 is 0 Å². The van der Waals surface area contributed by atoms with Crippen molar-refractivity contribution in [2.24, 2.45) is 5.41 Å². The summed E-state index contributed by atoms with van der Waals surface area (Å²) in [6.07, 6.45) is 7.37. The Kier molecular flexibility index (Phi) is 5.07. The SMILES string of the molecule is C[C@H](CCCO)N[C@H]1CCCC(C)(C)C1. The lowest BCUT2D eigenvalue weighted by Gasteiger charge is -2.37. The zero-order valence-electron chi connectivity index (χ0n) is 10.6. The van der Waals surface area contributed by atoms with E-state index in [9.17, 15) is 0 Å². The third kappa shape index (κ3) is 4.98. The molecule has 0 aromatic carbocycles. The molecule has 1 aliphatic carbocycles. The lowest BCUT2D eigenvalue weighted by atomic mass is 9.75. The van der Waals surface area contributed by atoms with Gasteiger partial charge >= 0.3 is 0 Å². The number of rotatable bonds is 5. The fraction of sp³-hybridized carbons (Fsp3) is 1.00. The van der Waals surface area contributed by atoms with Crippen LogP contribution in [0.1, 0.15) is 59.3 Å². The van der Waals surface area contributed by atoms with Crippen molar-refractivity contribution in [1.82, 2.24) is 5.32 Å². The molecule has 15 heavy (non-hydrogen) atoms. The minimum Gasteiger partial charge on any atom is -0.396 e. The summed E-state index contributed by atoms with van der Waals surface area (Å²) in [6, 6.07) is 1.25. The molecule has 1 aliphatic rings. The van der Waals surface area contributed by atoms with Gasteiger partial charge in [-0.1, -0.05) is 20.3 Å². The van der Waals surface area contributed by atoms with Crippen LogP contribution in [-0.2, 0) is 0 Å². The fourth-order valence-corrected chi connectivity index (χ4v) is 2.72. The molecule has 1 fully saturated rings. The Morgan fingerprint density at radius 3 is 2.80 bits per heavy atom. The van der Waals surface area contributed by atoms with E-state index in [1.54, 1.807) is 0 Å². The van der Waals surface area contributed by atoms with Gasteiger partial charge in [0.15, 0.2) is 0 Å². The van der Waals surface area contributed by atoms with Crippen molar-refractivity contribution < 1.29 is 5.11 Å². The highest BCUT2D eigenvalue weighted by atomic mass is 16.2. The van der Waals surface area contributed by atoms with Gasteiger partial charge in [-0.15, -0.1) is 0 Å². The summed E-state index contributed by atoms with van der Waals surface area (Å²) in [4.78, 5) is 0. The van der Waals surface area contributed by atoms with Gasteiger partial charge in [0.2, 0.25) is 0 Å². The summed E-state index contributed by atoms with van der Waals surface area (Å²) >= 11 is 0. The number of hydrogen-bond acceptors (Lipinski definition) is 2. The van der Waals surface area contributed by atoms with Gasteiger partial charge in [0.1, 0.15) is 0 Å². The van der Waals surface area contributed by atoms with Gasteiger partial charge in [-0.25, -0.2) is 0 Å². The Balaban J connectivity index is 2.25. The number of nitrogens with one attached hydrogen (secondary N) is 1. The summed E-state index contributed by atoms with van der Waals surface area (Å²) < 4.78 is 0. The van der Waals surface area contributed by atoms with Gasteiger partial charge in [-0.3, -0.25) is 0 Å². The molecule has 0 saturated heterocycles. The molecule has 2 heteroatoms.